The molecule has 154 valence electrons. The van der Waals surface area contributed by atoms with Crippen molar-refractivity contribution in [1.82, 2.24) is 0 Å². The first kappa shape index (κ1) is 22.1. The molecule has 0 saturated carbocycles. The molecule has 0 heterocycles. The van der Waals surface area contributed by atoms with Crippen LogP contribution in [0.2, 0.25) is 0 Å². The molecule has 0 atom stereocenters. The summed E-state index contributed by atoms with van der Waals surface area (Å²) in [6.07, 6.45) is 0.533. The molecule has 2 aromatic rings. The van der Waals surface area contributed by atoms with E-state index in [1.54, 1.807) is 19.1 Å². The van der Waals surface area contributed by atoms with Gasteiger partial charge in [-0.3, -0.25) is 0 Å². The SMILES string of the molecule is C=C(C)C(=O)OCCCOc1cc(N=Nc2ccccc2)c(O)c(C(C)(C)C)c1. The van der Waals surface area contributed by atoms with Crippen LogP contribution in [-0.2, 0) is 14.9 Å². The number of esters is 1. The molecule has 0 saturated heterocycles. The number of benzene rings is 2. The van der Waals surface area contributed by atoms with E-state index in [2.05, 4.69) is 16.8 Å². The number of hydrogen-bond donors (Lipinski definition) is 1. The van der Waals surface area contributed by atoms with Crippen molar-refractivity contribution in [2.75, 3.05) is 13.2 Å². The predicted molar refractivity (Wildman–Crippen MR) is 113 cm³/mol. The maximum atomic E-state index is 11.4. The number of carbonyl (C=O) groups excluding carboxylic acids is 1. The highest BCUT2D eigenvalue weighted by Crippen LogP contribution is 2.41. The maximum absolute atomic E-state index is 11.4. The van der Waals surface area contributed by atoms with Crippen LogP contribution in [0.3, 0.4) is 0 Å². The van der Waals surface area contributed by atoms with Gasteiger partial charge in [-0.2, -0.15) is 5.11 Å². The smallest absolute Gasteiger partial charge is 0.333 e. The minimum absolute atomic E-state index is 0.0833. The molecule has 0 fully saturated rings. The molecule has 6 heteroatoms. The van der Waals surface area contributed by atoms with E-state index in [4.69, 9.17) is 9.47 Å². The summed E-state index contributed by atoms with van der Waals surface area (Å²) >= 11 is 0. The van der Waals surface area contributed by atoms with Gasteiger partial charge in [-0.1, -0.05) is 45.5 Å². The Hall–Kier alpha value is -3.15. The number of aromatic hydroxyl groups is 1. The Balaban J connectivity index is 2.14. The van der Waals surface area contributed by atoms with Gasteiger partial charge >= 0.3 is 5.97 Å². The highest BCUT2D eigenvalue weighted by atomic mass is 16.5. The van der Waals surface area contributed by atoms with Gasteiger partial charge in [0.1, 0.15) is 17.2 Å². The number of hydrogen-bond acceptors (Lipinski definition) is 6. The van der Waals surface area contributed by atoms with Gasteiger partial charge in [0.25, 0.3) is 0 Å². The molecule has 0 bridgehead atoms. The first-order valence-electron chi connectivity index (χ1n) is 9.48. The van der Waals surface area contributed by atoms with Crippen LogP contribution in [0.25, 0.3) is 0 Å². The number of phenols is 1. The van der Waals surface area contributed by atoms with E-state index >= 15 is 0 Å². The van der Waals surface area contributed by atoms with Crippen LogP contribution < -0.4 is 4.74 Å². The van der Waals surface area contributed by atoms with Crippen molar-refractivity contribution in [2.45, 2.75) is 39.5 Å². The summed E-state index contributed by atoms with van der Waals surface area (Å²) in [6, 6.07) is 12.8. The minimum atomic E-state index is -0.409. The number of nitrogens with zero attached hydrogens (tertiary/aromatic N) is 2. The van der Waals surface area contributed by atoms with Crippen LogP contribution in [0.15, 0.2) is 64.8 Å². The van der Waals surface area contributed by atoms with Crippen molar-refractivity contribution in [3.8, 4) is 11.5 Å². The van der Waals surface area contributed by atoms with Crippen LogP contribution in [0.5, 0.6) is 11.5 Å². The molecule has 0 aromatic heterocycles. The Morgan fingerprint density at radius 3 is 2.41 bits per heavy atom. The lowest BCUT2D eigenvalue weighted by molar-refractivity contribution is -0.139. The fraction of sp³-hybridized carbons (Fsp3) is 0.348. The van der Waals surface area contributed by atoms with Crippen LogP contribution in [0.4, 0.5) is 11.4 Å². The Bertz CT molecular complexity index is 884. The molecule has 0 unspecified atom stereocenters. The Morgan fingerprint density at radius 2 is 1.79 bits per heavy atom. The van der Waals surface area contributed by atoms with Crippen LogP contribution >= 0.6 is 0 Å². The second-order valence-corrected chi connectivity index (χ2v) is 7.74. The molecule has 0 aliphatic rings. The minimum Gasteiger partial charge on any atom is -0.505 e. The summed E-state index contributed by atoms with van der Waals surface area (Å²) in [4.78, 5) is 11.4. The van der Waals surface area contributed by atoms with E-state index in [0.29, 0.717) is 41.3 Å². The summed E-state index contributed by atoms with van der Waals surface area (Å²) in [5, 5.41) is 19.1. The Morgan fingerprint density at radius 1 is 1.10 bits per heavy atom. The molecule has 1 N–H and O–H groups in total. The van der Waals surface area contributed by atoms with Gasteiger partial charge in [0.05, 0.1) is 18.9 Å². The lowest BCUT2D eigenvalue weighted by Crippen LogP contribution is -2.12. The monoisotopic (exact) mass is 396 g/mol. The summed E-state index contributed by atoms with van der Waals surface area (Å²) in [5.41, 5.74) is 1.80. The molecule has 2 rings (SSSR count). The second-order valence-electron chi connectivity index (χ2n) is 7.74. The van der Waals surface area contributed by atoms with E-state index in [1.165, 1.54) is 0 Å². The number of azo groups is 1. The summed E-state index contributed by atoms with van der Waals surface area (Å²) in [5.74, 6) is 0.245. The zero-order valence-electron chi connectivity index (χ0n) is 17.4. The second kappa shape index (κ2) is 9.87. The number of rotatable bonds is 8. The zero-order chi connectivity index (χ0) is 21.4. The van der Waals surface area contributed by atoms with Gasteiger partial charge in [0.15, 0.2) is 0 Å². The van der Waals surface area contributed by atoms with E-state index in [9.17, 15) is 9.90 Å². The van der Waals surface area contributed by atoms with Gasteiger partial charge in [-0.05, 0) is 30.5 Å². The summed E-state index contributed by atoms with van der Waals surface area (Å²) in [7, 11) is 0. The van der Waals surface area contributed by atoms with E-state index in [0.717, 1.165) is 0 Å². The maximum Gasteiger partial charge on any atom is 0.333 e. The first-order valence-corrected chi connectivity index (χ1v) is 9.48. The fourth-order valence-corrected chi connectivity index (χ4v) is 2.47. The Kier molecular flexibility index (Phi) is 7.53. The standard InChI is InChI=1S/C23H28N2O4/c1-16(2)22(27)29-13-9-12-28-18-14-19(23(3,4)5)21(26)20(15-18)25-24-17-10-7-6-8-11-17/h6-8,10-11,14-15,26H,1,9,12-13H2,2-5H3. The summed E-state index contributed by atoms with van der Waals surface area (Å²) < 4.78 is 10.9. The Labute approximate surface area is 171 Å². The van der Waals surface area contributed by atoms with Gasteiger partial charge < -0.3 is 14.6 Å². The molecule has 0 aliphatic carbocycles. The van der Waals surface area contributed by atoms with Crippen molar-refractivity contribution in [2.24, 2.45) is 10.2 Å². The lowest BCUT2D eigenvalue weighted by atomic mass is 9.86. The van der Waals surface area contributed by atoms with Crippen molar-refractivity contribution in [3.63, 3.8) is 0 Å². The number of carbonyl (C=O) groups is 1. The highest BCUT2D eigenvalue weighted by molar-refractivity contribution is 5.86. The average Bonchev–Trinajstić information content (AvgIpc) is 2.67. The molecular formula is C23H28N2O4. The van der Waals surface area contributed by atoms with E-state index < -0.39 is 5.97 Å². The predicted octanol–water partition coefficient (Wildman–Crippen LogP) is 5.99. The van der Waals surface area contributed by atoms with Gasteiger partial charge in [0.2, 0.25) is 0 Å². The zero-order valence-corrected chi connectivity index (χ0v) is 17.4. The molecule has 29 heavy (non-hydrogen) atoms. The van der Waals surface area contributed by atoms with Crippen LogP contribution in [0, 0.1) is 0 Å². The van der Waals surface area contributed by atoms with Crippen molar-refractivity contribution >= 4 is 17.3 Å². The van der Waals surface area contributed by atoms with E-state index in [1.807, 2.05) is 51.1 Å². The van der Waals surface area contributed by atoms with Gasteiger partial charge in [-0.25, -0.2) is 4.79 Å². The quantitative estimate of drug-likeness (QED) is 0.257. The van der Waals surface area contributed by atoms with Crippen LogP contribution in [0.1, 0.15) is 39.7 Å². The average molecular weight is 396 g/mol. The van der Waals surface area contributed by atoms with Gasteiger partial charge in [0, 0.05) is 23.6 Å². The van der Waals surface area contributed by atoms with Crippen molar-refractivity contribution in [1.29, 1.82) is 0 Å². The number of phenolic OH excluding ortho intramolecular Hbond substituents is 1. The topological polar surface area (TPSA) is 80.5 Å². The molecular weight excluding hydrogens is 368 g/mol. The third-order valence-electron chi connectivity index (χ3n) is 4.04. The third-order valence-corrected chi connectivity index (χ3v) is 4.04. The molecule has 0 spiro atoms. The van der Waals surface area contributed by atoms with Gasteiger partial charge in [-0.15, -0.1) is 5.11 Å². The molecule has 0 aliphatic heterocycles. The number of ether oxygens (including phenoxy) is 2. The molecule has 0 amide bonds. The molecule has 2 aromatic carbocycles. The fourth-order valence-electron chi connectivity index (χ4n) is 2.47. The van der Waals surface area contributed by atoms with Crippen molar-refractivity contribution in [3.05, 3.63) is 60.2 Å². The first-order chi connectivity index (χ1) is 13.7. The third kappa shape index (κ3) is 6.75. The van der Waals surface area contributed by atoms with Crippen LogP contribution in [-0.4, -0.2) is 24.3 Å². The largest absolute Gasteiger partial charge is 0.505 e. The molecule has 0 radical (unpaired) electrons. The molecule has 6 nitrogen and oxygen atoms in total. The van der Waals surface area contributed by atoms with E-state index in [-0.39, 0.29) is 17.8 Å². The lowest BCUT2D eigenvalue weighted by Gasteiger charge is -2.22. The summed E-state index contributed by atoms with van der Waals surface area (Å²) in [6.45, 7) is 11.8. The van der Waals surface area contributed by atoms with Crippen molar-refractivity contribution < 1.29 is 19.4 Å². The highest BCUT2D eigenvalue weighted by Gasteiger charge is 2.22. The normalized spacial score (nSPS) is 11.4.